The molecule has 0 saturated heterocycles. The lowest BCUT2D eigenvalue weighted by atomic mass is 10.6. The van der Waals surface area contributed by atoms with Crippen LogP contribution in [0.1, 0.15) is 10.7 Å². The highest BCUT2D eigenvalue weighted by molar-refractivity contribution is 6.43. The number of hydrogen-bond donors (Lipinski definition) is 0. The van der Waals surface area contributed by atoms with Crippen molar-refractivity contribution >= 4 is 29.2 Å². The predicted molar refractivity (Wildman–Crippen MR) is 48.6 cm³/mol. The molecule has 0 amide bonds. The molecule has 0 N–H and O–H groups in total. The van der Waals surface area contributed by atoms with Crippen molar-refractivity contribution in [2.45, 2.75) is 4.84 Å². The van der Waals surface area contributed by atoms with Crippen LogP contribution in [0.2, 0.25) is 0 Å². The Labute approximate surface area is 80.6 Å². The van der Waals surface area contributed by atoms with Crippen molar-refractivity contribution in [3.05, 3.63) is 12.2 Å². The molecule has 0 spiro atoms. The second-order valence-corrected chi connectivity index (χ2v) is 3.44. The lowest BCUT2D eigenvalue weighted by molar-refractivity contribution is 0.900. The van der Waals surface area contributed by atoms with Crippen LogP contribution in [0.15, 0.2) is 6.33 Å². The Morgan fingerprint density at radius 3 is 2.50 bits per heavy atom. The van der Waals surface area contributed by atoms with Crippen LogP contribution in [-0.4, -0.2) is 29.0 Å². The zero-order valence-corrected chi connectivity index (χ0v) is 8.21. The van der Waals surface area contributed by atoms with Crippen LogP contribution in [0, 0.1) is 0 Å². The molecule has 4 nitrogen and oxygen atoms in total. The summed E-state index contributed by atoms with van der Waals surface area (Å²) in [5.74, 6) is 0.920. The number of rotatable bonds is 2. The van der Waals surface area contributed by atoms with Gasteiger partial charge in [0.1, 0.15) is 6.33 Å². The highest BCUT2D eigenvalue weighted by Crippen LogP contribution is 2.20. The zero-order chi connectivity index (χ0) is 9.14. The van der Waals surface area contributed by atoms with Gasteiger partial charge in [-0.2, -0.15) is 4.98 Å². The maximum atomic E-state index is 5.57. The van der Waals surface area contributed by atoms with Gasteiger partial charge in [-0.3, -0.25) is 0 Å². The lowest BCUT2D eigenvalue weighted by Crippen LogP contribution is -2.14. The first-order chi connectivity index (χ1) is 5.61. The van der Waals surface area contributed by atoms with Gasteiger partial charge in [0, 0.05) is 14.1 Å². The minimum absolute atomic E-state index is 0.372. The second-order valence-electron chi connectivity index (χ2n) is 2.34. The summed E-state index contributed by atoms with van der Waals surface area (Å²) in [6.07, 6.45) is 1.38. The molecule has 0 aromatic carbocycles. The summed E-state index contributed by atoms with van der Waals surface area (Å²) < 4.78 is 0. The molecule has 0 atom stereocenters. The predicted octanol–water partition coefficient (Wildman–Crippen LogP) is 1.41. The number of hydrogen-bond acceptors (Lipinski definition) is 4. The number of nitrogens with zero attached hydrogens (tertiary/aromatic N) is 4. The van der Waals surface area contributed by atoms with Gasteiger partial charge in [-0.1, -0.05) is 23.2 Å². The van der Waals surface area contributed by atoms with E-state index in [1.807, 2.05) is 14.1 Å². The Kier molecular flexibility index (Phi) is 3.05. The Bertz CT molecular complexity index is 240. The molecule has 1 rings (SSSR count). The first-order valence-electron chi connectivity index (χ1n) is 3.25. The Hall–Kier alpha value is -0.610. The normalized spacial score (nSPS) is 10.4. The summed E-state index contributed by atoms with van der Waals surface area (Å²) in [5.41, 5.74) is 0. The van der Waals surface area contributed by atoms with Crippen LogP contribution in [-0.2, 0) is 0 Å². The van der Waals surface area contributed by atoms with Crippen LogP contribution in [0.5, 0.6) is 0 Å². The minimum atomic E-state index is -0.702. The molecule has 12 heavy (non-hydrogen) atoms. The van der Waals surface area contributed by atoms with Gasteiger partial charge in [0.05, 0.1) is 0 Å². The SMILES string of the molecule is CN(C)c1ncnc(C(Cl)Cl)n1. The van der Waals surface area contributed by atoms with Gasteiger partial charge in [-0.05, 0) is 0 Å². The molecule has 1 aromatic heterocycles. The number of aromatic nitrogens is 3. The van der Waals surface area contributed by atoms with E-state index in [2.05, 4.69) is 15.0 Å². The van der Waals surface area contributed by atoms with E-state index in [4.69, 9.17) is 23.2 Å². The lowest BCUT2D eigenvalue weighted by Gasteiger charge is -2.09. The molecule has 0 aliphatic carbocycles. The molecular formula is C6H8Cl2N4. The van der Waals surface area contributed by atoms with E-state index in [0.29, 0.717) is 11.8 Å². The molecule has 0 fully saturated rings. The zero-order valence-electron chi connectivity index (χ0n) is 6.70. The van der Waals surface area contributed by atoms with Gasteiger partial charge in [0.25, 0.3) is 0 Å². The van der Waals surface area contributed by atoms with Gasteiger partial charge in [0.15, 0.2) is 10.7 Å². The molecule has 1 heterocycles. The van der Waals surface area contributed by atoms with Gasteiger partial charge in [-0.15, -0.1) is 0 Å². The average molecular weight is 207 g/mol. The van der Waals surface area contributed by atoms with Crippen molar-refractivity contribution in [3.63, 3.8) is 0 Å². The molecular weight excluding hydrogens is 199 g/mol. The fourth-order valence-corrected chi connectivity index (χ4v) is 0.831. The number of alkyl halides is 2. The highest BCUT2D eigenvalue weighted by atomic mass is 35.5. The molecule has 0 aliphatic heterocycles. The summed E-state index contributed by atoms with van der Waals surface area (Å²) in [6.45, 7) is 0. The smallest absolute Gasteiger partial charge is 0.228 e. The molecule has 0 radical (unpaired) electrons. The van der Waals surface area contributed by atoms with Gasteiger partial charge < -0.3 is 4.90 Å². The Morgan fingerprint density at radius 1 is 1.33 bits per heavy atom. The van der Waals surface area contributed by atoms with Crippen molar-refractivity contribution < 1.29 is 0 Å². The van der Waals surface area contributed by atoms with Crippen molar-refractivity contribution in [2.75, 3.05) is 19.0 Å². The number of halogens is 2. The third-order valence-corrected chi connectivity index (χ3v) is 1.56. The average Bonchev–Trinajstić information content (AvgIpc) is 2.04. The monoisotopic (exact) mass is 206 g/mol. The topological polar surface area (TPSA) is 41.9 Å². The third kappa shape index (κ3) is 2.19. The van der Waals surface area contributed by atoms with E-state index in [9.17, 15) is 0 Å². The maximum absolute atomic E-state index is 5.57. The van der Waals surface area contributed by atoms with Crippen LogP contribution >= 0.6 is 23.2 Å². The van der Waals surface area contributed by atoms with E-state index in [0.717, 1.165) is 0 Å². The summed E-state index contributed by atoms with van der Waals surface area (Å²) in [5, 5.41) is 0. The second kappa shape index (κ2) is 3.87. The van der Waals surface area contributed by atoms with E-state index < -0.39 is 4.84 Å². The molecule has 66 valence electrons. The van der Waals surface area contributed by atoms with E-state index in [1.165, 1.54) is 6.33 Å². The maximum Gasteiger partial charge on any atom is 0.228 e. The summed E-state index contributed by atoms with van der Waals surface area (Å²) in [6, 6.07) is 0. The standard InChI is InChI=1S/C6H8Cl2N4/c1-12(2)6-10-3-9-5(11-6)4(7)8/h3-4H,1-2H3. The van der Waals surface area contributed by atoms with Gasteiger partial charge in [0.2, 0.25) is 5.95 Å². The van der Waals surface area contributed by atoms with Crippen molar-refractivity contribution in [1.82, 2.24) is 15.0 Å². The van der Waals surface area contributed by atoms with Crippen LogP contribution in [0.4, 0.5) is 5.95 Å². The summed E-state index contributed by atoms with van der Waals surface area (Å²) in [4.78, 5) is 12.8. The van der Waals surface area contributed by atoms with Crippen molar-refractivity contribution in [2.24, 2.45) is 0 Å². The van der Waals surface area contributed by atoms with Gasteiger partial charge in [-0.25, -0.2) is 9.97 Å². The molecule has 6 heteroatoms. The third-order valence-electron chi connectivity index (χ3n) is 1.17. The van der Waals surface area contributed by atoms with Crippen LogP contribution in [0.3, 0.4) is 0 Å². The summed E-state index contributed by atoms with van der Waals surface area (Å²) >= 11 is 11.1. The molecule has 1 aromatic rings. The van der Waals surface area contributed by atoms with Gasteiger partial charge >= 0.3 is 0 Å². The summed E-state index contributed by atoms with van der Waals surface area (Å²) in [7, 11) is 3.66. The Morgan fingerprint density at radius 2 is 2.00 bits per heavy atom. The van der Waals surface area contributed by atoms with Crippen molar-refractivity contribution in [1.29, 1.82) is 0 Å². The highest BCUT2D eigenvalue weighted by Gasteiger charge is 2.08. The molecule has 0 bridgehead atoms. The largest absolute Gasteiger partial charge is 0.347 e. The van der Waals surface area contributed by atoms with E-state index in [-0.39, 0.29) is 0 Å². The first-order valence-corrected chi connectivity index (χ1v) is 4.13. The van der Waals surface area contributed by atoms with Crippen LogP contribution < -0.4 is 4.90 Å². The first kappa shape index (κ1) is 9.48. The molecule has 0 saturated carbocycles. The fourth-order valence-electron chi connectivity index (χ4n) is 0.620. The fraction of sp³-hybridized carbons (Fsp3) is 0.500. The van der Waals surface area contributed by atoms with E-state index >= 15 is 0 Å². The molecule has 0 unspecified atom stereocenters. The number of anilines is 1. The molecule has 0 aliphatic rings. The van der Waals surface area contributed by atoms with Crippen molar-refractivity contribution in [3.8, 4) is 0 Å². The van der Waals surface area contributed by atoms with Crippen LogP contribution in [0.25, 0.3) is 0 Å². The minimum Gasteiger partial charge on any atom is -0.347 e. The van der Waals surface area contributed by atoms with E-state index in [1.54, 1.807) is 4.90 Å². The quantitative estimate of drug-likeness (QED) is 0.687. The Balaban J connectivity index is 2.96.